The second-order valence-electron chi connectivity index (χ2n) is 10.3. The van der Waals surface area contributed by atoms with Crippen molar-refractivity contribution in [3.05, 3.63) is 138 Å². The van der Waals surface area contributed by atoms with E-state index in [9.17, 15) is 14.0 Å². The molecule has 0 saturated heterocycles. The summed E-state index contributed by atoms with van der Waals surface area (Å²) in [5, 5.41) is 0. The quantitative estimate of drug-likeness (QED) is 0.173. The van der Waals surface area contributed by atoms with Crippen molar-refractivity contribution in [1.29, 1.82) is 0 Å². The number of aryl methyl sites for hydroxylation is 1. The number of ether oxygens (including phenoxy) is 3. The van der Waals surface area contributed by atoms with Gasteiger partial charge in [0.25, 0.3) is 5.56 Å². The SMILES string of the molecule is C=CCc1cc(/C=c2/sc3n(c2=O)[C@@H](c2ccc(C)cc2)C(C(=O)OCC)=C(C)N=3)cc(OC)c1OCc1ccc(F)cc1. The maximum atomic E-state index is 14.0. The summed E-state index contributed by atoms with van der Waals surface area (Å²) in [5.41, 5.74) is 4.79. The third-order valence-corrected chi connectivity index (χ3v) is 8.23. The third kappa shape index (κ3) is 6.28. The number of benzene rings is 3. The van der Waals surface area contributed by atoms with Crippen molar-refractivity contribution in [2.24, 2.45) is 4.99 Å². The molecule has 1 aromatic heterocycles. The van der Waals surface area contributed by atoms with Crippen LogP contribution in [0.1, 0.15) is 47.7 Å². The number of hydrogen-bond donors (Lipinski definition) is 0. The van der Waals surface area contributed by atoms with Crippen LogP contribution in [0, 0.1) is 12.7 Å². The number of carbonyl (C=O) groups is 1. The second-order valence-corrected chi connectivity index (χ2v) is 11.3. The summed E-state index contributed by atoms with van der Waals surface area (Å²) in [4.78, 5) is 32.3. The van der Waals surface area contributed by atoms with Gasteiger partial charge in [0.1, 0.15) is 12.4 Å². The Morgan fingerprint density at radius 3 is 2.50 bits per heavy atom. The Morgan fingerprint density at radius 2 is 1.84 bits per heavy atom. The molecule has 0 spiro atoms. The molecule has 0 bridgehead atoms. The number of methoxy groups -OCH3 is 1. The number of hydrogen-bond acceptors (Lipinski definition) is 7. The van der Waals surface area contributed by atoms with Crippen LogP contribution in [0.5, 0.6) is 11.5 Å². The molecule has 2 heterocycles. The number of aromatic nitrogens is 1. The molecule has 1 atom stereocenters. The zero-order valence-electron chi connectivity index (χ0n) is 25.1. The lowest BCUT2D eigenvalue weighted by molar-refractivity contribution is -0.139. The lowest BCUT2D eigenvalue weighted by Gasteiger charge is -2.24. The van der Waals surface area contributed by atoms with Crippen LogP contribution in [0.15, 0.2) is 94.4 Å². The number of allylic oxidation sites excluding steroid dienone is 2. The van der Waals surface area contributed by atoms with Crippen LogP contribution in [0.2, 0.25) is 0 Å². The molecule has 3 aromatic carbocycles. The van der Waals surface area contributed by atoms with Crippen molar-refractivity contribution in [1.82, 2.24) is 4.57 Å². The molecular formula is C35H33FN2O5S. The summed E-state index contributed by atoms with van der Waals surface area (Å²) < 4.78 is 32.6. The van der Waals surface area contributed by atoms with Crippen LogP contribution in [-0.4, -0.2) is 24.3 Å². The predicted molar refractivity (Wildman–Crippen MR) is 169 cm³/mol. The van der Waals surface area contributed by atoms with E-state index in [2.05, 4.69) is 11.6 Å². The summed E-state index contributed by atoms with van der Waals surface area (Å²) >= 11 is 1.25. The van der Waals surface area contributed by atoms with E-state index in [1.165, 1.54) is 23.5 Å². The molecule has 7 nitrogen and oxygen atoms in total. The fraction of sp³-hybridized carbons (Fsp3) is 0.229. The highest BCUT2D eigenvalue weighted by molar-refractivity contribution is 7.07. The summed E-state index contributed by atoms with van der Waals surface area (Å²) in [5.74, 6) is 0.224. The van der Waals surface area contributed by atoms with E-state index < -0.39 is 12.0 Å². The monoisotopic (exact) mass is 612 g/mol. The number of thiazole rings is 1. The molecule has 0 radical (unpaired) electrons. The largest absolute Gasteiger partial charge is 0.493 e. The van der Waals surface area contributed by atoms with Crippen molar-refractivity contribution < 1.29 is 23.4 Å². The Bertz CT molecular complexity index is 1920. The minimum atomic E-state index is -0.679. The van der Waals surface area contributed by atoms with Gasteiger partial charge in [-0.05, 0) is 74.2 Å². The Balaban J connectivity index is 1.60. The highest BCUT2D eigenvalue weighted by Gasteiger charge is 2.33. The van der Waals surface area contributed by atoms with Crippen molar-refractivity contribution in [3.8, 4) is 11.5 Å². The van der Waals surface area contributed by atoms with Gasteiger partial charge in [-0.25, -0.2) is 14.2 Å². The molecule has 0 unspecified atom stereocenters. The molecule has 1 aliphatic rings. The first-order valence-corrected chi connectivity index (χ1v) is 15.0. The molecule has 9 heteroatoms. The average Bonchev–Trinajstić information content (AvgIpc) is 3.31. The minimum absolute atomic E-state index is 0.207. The number of nitrogens with zero attached hydrogens (tertiary/aromatic N) is 2. The normalized spacial score (nSPS) is 14.6. The summed E-state index contributed by atoms with van der Waals surface area (Å²) in [6, 6.07) is 16.9. The first-order valence-electron chi connectivity index (χ1n) is 14.2. The number of halogens is 1. The third-order valence-electron chi connectivity index (χ3n) is 7.24. The van der Waals surface area contributed by atoms with Crippen LogP contribution >= 0.6 is 11.3 Å². The van der Waals surface area contributed by atoms with Crippen molar-refractivity contribution in [3.63, 3.8) is 0 Å². The van der Waals surface area contributed by atoms with E-state index in [4.69, 9.17) is 14.2 Å². The lowest BCUT2D eigenvalue weighted by atomic mass is 9.95. The smallest absolute Gasteiger partial charge is 0.338 e. The lowest BCUT2D eigenvalue weighted by Crippen LogP contribution is -2.39. The Kier molecular flexibility index (Phi) is 9.25. The van der Waals surface area contributed by atoms with Gasteiger partial charge in [-0.3, -0.25) is 9.36 Å². The maximum absolute atomic E-state index is 14.0. The molecule has 0 fully saturated rings. The zero-order valence-corrected chi connectivity index (χ0v) is 25.9. The Hall–Kier alpha value is -4.76. The van der Waals surface area contributed by atoms with Gasteiger partial charge in [0, 0.05) is 5.56 Å². The van der Waals surface area contributed by atoms with Crippen molar-refractivity contribution >= 4 is 23.4 Å². The standard InChI is InChI=1S/C35H33FN2O5S/c1-6-8-26-17-24(18-28(41-5)32(26)43-20-23-11-15-27(36)16-12-23)19-29-33(39)38-31(25-13-9-21(3)10-14-25)30(34(40)42-7-2)22(4)37-35(38)44-29/h6,9-19,31H,1,7-8,20H2,2-5H3/b29-19+/t31-/m0/s1. The van der Waals surface area contributed by atoms with E-state index in [1.807, 2.05) is 37.3 Å². The molecule has 0 N–H and O–H groups in total. The fourth-order valence-electron chi connectivity index (χ4n) is 5.13. The van der Waals surface area contributed by atoms with Gasteiger partial charge in [0.2, 0.25) is 0 Å². The predicted octanol–water partition coefficient (Wildman–Crippen LogP) is 5.56. The fourth-order valence-corrected chi connectivity index (χ4v) is 6.18. The Labute approximate surface area is 258 Å². The maximum Gasteiger partial charge on any atom is 0.338 e. The van der Waals surface area contributed by atoms with Gasteiger partial charge < -0.3 is 14.2 Å². The Morgan fingerprint density at radius 1 is 1.11 bits per heavy atom. The molecule has 0 aliphatic carbocycles. The highest BCUT2D eigenvalue weighted by Crippen LogP contribution is 2.35. The molecule has 5 rings (SSSR count). The van der Waals surface area contributed by atoms with Gasteiger partial charge in [-0.1, -0.05) is 59.4 Å². The molecular weight excluding hydrogens is 579 g/mol. The zero-order chi connectivity index (χ0) is 31.4. The van der Waals surface area contributed by atoms with Gasteiger partial charge in [-0.2, -0.15) is 0 Å². The highest BCUT2D eigenvalue weighted by atomic mass is 32.1. The number of fused-ring (bicyclic) bond motifs is 1. The summed E-state index contributed by atoms with van der Waals surface area (Å²) in [7, 11) is 1.55. The van der Waals surface area contributed by atoms with E-state index in [0.717, 1.165) is 27.8 Å². The van der Waals surface area contributed by atoms with Gasteiger partial charge in [-0.15, -0.1) is 6.58 Å². The molecule has 226 valence electrons. The van der Waals surface area contributed by atoms with E-state index >= 15 is 0 Å². The van der Waals surface area contributed by atoms with E-state index in [-0.39, 0.29) is 24.6 Å². The van der Waals surface area contributed by atoms with Crippen LogP contribution in [0.3, 0.4) is 0 Å². The van der Waals surface area contributed by atoms with E-state index in [0.29, 0.717) is 38.5 Å². The van der Waals surface area contributed by atoms with Crippen molar-refractivity contribution in [2.75, 3.05) is 13.7 Å². The molecule has 4 aromatic rings. The number of carbonyl (C=O) groups excluding carboxylic acids is 1. The molecule has 0 amide bonds. The van der Waals surface area contributed by atoms with Crippen LogP contribution < -0.4 is 24.4 Å². The first kappa shape index (κ1) is 30.7. The number of rotatable bonds is 10. The van der Waals surface area contributed by atoms with Gasteiger partial charge in [0.05, 0.1) is 35.6 Å². The summed E-state index contributed by atoms with van der Waals surface area (Å²) in [6.07, 6.45) is 4.05. The first-order chi connectivity index (χ1) is 21.2. The topological polar surface area (TPSA) is 79.1 Å². The number of esters is 1. The molecule has 0 saturated carbocycles. The molecule has 44 heavy (non-hydrogen) atoms. The van der Waals surface area contributed by atoms with Gasteiger partial charge >= 0.3 is 5.97 Å². The van der Waals surface area contributed by atoms with Crippen molar-refractivity contribution in [2.45, 2.75) is 39.8 Å². The van der Waals surface area contributed by atoms with Crippen LogP contribution in [0.4, 0.5) is 4.39 Å². The molecule has 1 aliphatic heterocycles. The summed E-state index contributed by atoms with van der Waals surface area (Å²) in [6.45, 7) is 9.81. The van der Waals surface area contributed by atoms with Gasteiger partial charge in [0.15, 0.2) is 16.3 Å². The van der Waals surface area contributed by atoms with E-state index in [1.54, 1.807) is 55.9 Å². The minimum Gasteiger partial charge on any atom is -0.493 e. The van der Waals surface area contributed by atoms with Crippen LogP contribution in [-0.2, 0) is 22.6 Å². The average molecular weight is 613 g/mol. The van der Waals surface area contributed by atoms with Crippen LogP contribution in [0.25, 0.3) is 6.08 Å². The second kappa shape index (κ2) is 13.3.